The number of unbranched alkanes of at least 4 members (excludes halogenated alkanes) is 2. The molecule has 1 unspecified atom stereocenters. The predicted octanol–water partition coefficient (Wildman–Crippen LogP) is 7.32. The Labute approximate surface area is 237 Å². The molecule has 6 nitrogen and oxygen atoms in total. The van der Waals surface area contributed by atoms with Gasteiger partial charge in [0.2, 0.25) is 0 Å². The number of hydrogen-bond acceptors (Lipinski definition) is 6. The molecule has 0 radical (unpaired) electrons. The fraction of sp³-hybridized carbons (Fsp3) is 0.353. The molecule has 0 aliphatic carbocycles. The molecule has 0 bridgehead atoms. The minimum atomic E-state index is -0.342. The zero-order chi connectivity index (χ0) is 28.4. The van der Waals surface area contributed by atoms with E-state index >= 15 is 0 Å². The average molecular weight is 545 g/mol. The van der Waals surface area contributed by atoms with Crippen molar-refractivity contribution in [2.45, 2.75) is 44.9 Å². The highest BCUT2D eigenvalue weighted by Gasteiger charge is 2.11. The van der Waals surface area contributed by atoms with E-state index < -0.39 is 0 Å². The van der Waals surface area contributed by atoms with Gasteiger partial charge in [0.15, 0.2) is 0 Å². The summed E-state index contributed by atoms with van der Waals surface area (Å²) in [6, 6.07) is 25.4. The van der Waals surface area contributed by atoms with Gasteiger partial charge in [-0.05, 0) is 73.9 Å². The average Bonchev–Trinajstić information content (AvgIpc) is 3.00. The van der Waals surface area contributed by atoms with Crippen LogP contribution in [0.5, 0.6) is 11.5 Å². The highest BCUT2D eigenvalue weighted by atomic mass is 16.5. The van der Waals surface area contributed by atoms with Gasteiger partial charge in [-0.3, -0.25) is 4.79 Å². The molecule has 3 aromatic rings. The van der Waals surface area contributed by atoms with Crippen LogP contribution in [0.1, 0.15) is 60.0 Å². The molecule has 1 atom stereocenters. The quantitative estimate of drug-likeness (QED) is 0.131. The first-order valence-corrected chi connectivity index (χ1v) is 13.9. The minimum Gasteiger partial charge on any atom is -0.494 e. The van der Waals surface area contributed by atoms with Crippen LogP contribution in [0, 0.1) is 5.92 Å². The number of carbonyl (C=O) groups is 2. The Bertz CT molecular complexity index is 1190. The second-order valence-electron chi connectivity index (χ2n) is 9.59. The third-order valence-electron chi connectivity index (χ3n) is 6.58. The largest absolute Gasteiger partial charge is 0.494 e. The lowest BCUT2D eigenvalue weighted by Gasteiger charge is -2.14. The highest BCUT2D eigenvalue weighted by molar-refractivity contribution is 5.89. The maximum atomic E-state index is 11.8. The van der Waals surface area contributed by atoms with Gasteiger partial charge in [0.25, 0.3) is 0 Å². The van der Waals surface area contributed by atoms with Gasteiger partial charge >= 0.3 is 11.9 Å². The summed E-state index contributed by atoms with van der Waals surface area (Å²) in [6.07, 6.45) is 10.0. The van der Waals surface area contributed by atoms with Crippen molar-refractivity contribution in [1.82, 2.24) is 0 Å². The number of hydrogen-bond donors (Lipinski definition) is 0. The van der Waals surface area contributed by atoms with Gasteiger partial charge in [0.05, 0.1) is 33.0 Å². The van der Waals surface area contributed by atoms with Crippen LogP contribution >= 0.6 is 0 Å². The summed E-state index contributed by atoms with van der Waals surface area (Å²) in [6.45, 7) is 1.28. The standard InChI is InChI=1S/C34H40O6/c1-37-33(35)17-9-6-12-27(26-28-19-22-30(23-20-28)34(36)38-2)18-21-29-13-7-8-16-32(29)40-25-11-10-24-39-31-14-4-3-5-15-31/h3-5,7-8,13-16,18-23,27H,6,9-12,17,24-26H2,1-2H3. The smallest absolute Gasteiger partial charge is 0.337 e. The number of carbonyl (C=O) groups excluding carboxylic acids is 2. The molecular formula is C34H40O6. The summed E-state index contributed by atoms with van der Waals surface area (Å²) in [7, 11) is 2.80. The van der Waals surface area contributed by atoms with Crippen LogP contribution in [0.4, 0.5) is 0 Å². The van der Waals surface area contributed by atoms with Crippen molar-refractivity contribution < 1.29 is 28.5 Å². The third-order valence-corrected chi connectivity index (χ3v) is 6.58. The first-order chi connectivity index (χ1) is 19.6. The molecule has 0 aliphatic rings. The van der Waals surface area contributed by atoms with E-state index in [-0.39, 0.29) is 17.9 Å². The number of esters is 2. The van der Waals surface area contributed by atoms with Crippen LogP contribution in [-0.4, -0.2) is 39.4 Å². The van der Waals surface area contributed by atoms with E-state index in [2.05, 4.69) is 18.2 Å². The van der Waals surface area contributed by atoms with Crippen molar-refractivity contribution in [3.05, 3.63) is 102 Å². The molecule has 0 aliphatic heterocycles. The molecule has 0 fully saturated rings. The number of ether oxygens (including phenoxy) is 4. The van der Waals surface area contributed by atoms with Gasteiger partial charge in [0, 0.05) is 12.0 Å². The Morgan fingerprint density at radius 2 is 1.45 bits per heavy atom. The number of para-hydroxylation sites is 2. The summed E-state index contributed by atoms with van der Waals surface area (Å²) >= 11 is 0. The van der Waals surface area contributed by atoms with Crippen molar-refractivity contribution in [3.63, 3.8) is 0 Å². The monoisotopic (exact) mass is 544 g/mol. The highest BCUT2D eigenvalue weighted by Crippen LogP contribution is 2.24. The Hall–Kier alpha value is -4.06. The molecule has 3 rings (SSSR count). The van der Waals surface area contributed by atoms with E-state index in [0.29, 0.717) is 25.2 Å². The molecule has 212 valence electrons. The lowest BCUT2D eigenvalue weighted by molar-refractivity contribution is -0.140. The Balaban J connectivity index is 1.57. The maximum absolute atomic E-state index is 11.8. The molecule has 0 N–H and O–H groups in total. The number of allylic oxidation sites excluding steroid dienone is 1. The zero-order valence-electron chi connectivity index (χ0n) is 23.6. The lowest BCUT2D eigenvalue weighted by atomic mass is 9.92. The summed E-state index contributed by atoms with van der Waals surface area (Å²) in [5.41, 5.74) is 2.70. The van der Waals surface area contributed by atoms with Crippen molar-refractivity contribution in [2.75, 3.05) is 27.4 Å². The Morgan fingerprint density at radius 3 is 2.17 bits per heavy atom. The summed E-state index contributed by atoms with van der Waals surface area (Å²) in [5, 5.41) is 0. The molecule has 3 aromatic carbocycles. The van der Waals surface area contributed by atoms with Crippen molar-refractivity contribution in [1.29, 1.82) is 0 Å². The normalized spacial score (nSPS) is 11.7. The van der Waals surface area contributed by atoms with Gasteiger partial charge in [0.1, 0.15) is 11.5 Å². The van der Waals surface area contributed by atoms with Crippen molar-refractivity contribution in [2.24, 2.45) is 5.92 Å². The fourth-order valence-corrected chi connectivity index (χ4v) is 4.32. The van der Waals surface area contributed by atoms with Crippen LogP contribution in [0.15, 0.2) is 84.9 Å². The van der Waals surface area contributed by atoms with Gasteiger partial charge in [-0.1, -0.05) is 67.1 Å². The Kier molecular flexibility index (Phi) is 13.3. The van der Waals surface area contributed by atoms with E-state index in [1.807, 2.05) is 60.7 Å². The van der Waals surface area contributed by atoms with E-state index in [1.54, 1.807) is 12.1 Å². The van der Waals surface area contributed by atoms with Crippen molar-refractivity contribution >= 4 is 18.0 Å². The summed E-state index contributed by atoms with van der Waals surface area (Å²) in [4.78, 5) is 23.3. The first kappa shape index (κ1) is 30.5. The van der Waals surface area contributed by atoms with Crippen LogP contribution in [0.25, 0.3) is 6.08 Å². The predicted molar refractivity (Wildman–Crippen MR) is 158 cm³/mol. The van der Waals surface area contributed by atoms with Gasteiger partial charge < -0.3 is 18.9 Å². The number of methoxy groups -OCH3 is 2. The molecule has 0 saturated carbocycles. The van der Waals surface area contributed by atoms with Crippen molar-refractivity contribution in [3.8, 4) is 11.5 Å². The number of benzene rings is 3. The molecular weight excluding hydrogens is 504 g/mol. The SMILES string of the molecule is COC(=O)CCCCC(C=Cc1ccccc1OCCCCOc1ccccc1)Cc1ccc(C(=O)OC)cc1. The summed E-state index contributed by atoms with van der Waals surface area (Å²) < 4.78 is 21.5. The fourth-order valence-electron chi connectivity index (χ4n) is 4.32. The van der Waals surface area contributed by atoms with E-state index in [1.165, 1.54) is 14.2 Å². The lowest BCUT2D eigenvalue weighted by Crippen LogP contribution is -2.05. The topological polar surface area (TPSA) is 71.1 Å². The van der Waals surface area contributed by atoms with E-state index in [0.717, 1.165) is 61.2 Å². The van der Waals surface area contributed by atoms with Gasteiger partial charge in [-0.25, -0.2) is 4.79 Å². The second-order valence-corrected chi connectivity index (χ2v) is 9.59. The first-order valence-electron chi connectivity index (χ1n) is 13.9. The van der Waals surface area contributed by atoms with Crippen LogP contribution in [0.3, 0.4) is 0 Å². The Morgan fingerprint density at radius 1 is 0.750 bits per heavy atom. The molecule has 0 aromatic heterocycles. The molecule has 0 heterocycles. The zero-order valence-corrected chi connectivity index (χ0v) is 23.6. The van der Waals surface area contributed by atoms with Crippen LogP contribution in [-0.2, 0) is 20.7 Å². The van der Waals surface area contributed by atoms with Gasteiger partial charge in [-0.2, -0.15) is 0 Å². The second kappa shape index (κ2) is 17.5. The van der Waals surface area contributed by atoms with E-state index in [4.69, 9.17) is 18.9 Å². The van der Waals surface area contributed by atoms with Crippen LogP contribution in [0.2, 0.25) is 0 Å². The summed E-state index contributed by atoms with van der Waals surface area (Å²) in [5.74, 6) is 1.48. The molecule has 40 heavy (non-hydrogen) atoms. The molecule has 0 spiro atoms. The molecule has 0 amide bonds. The number of rotatable bonds is 17. The van der Waals surface area contributed by atoms with E-state index in [9.17, 15) is 9.59 Å². The minimum absolute atomic E-state index is 0.178. The molecule has 6 heteroatoms. The molecule has 0 saturated heterocycles. The maximum Gasteiger partial charge on any atom is 0.337 e. The van der Waals surface area contributed by atoms with Crippen LogP contribution < -0.4 is 9.47 Å². The van der Waals surface area contributed by atoms with Gasteiger partial charge in [-0.15, -0.1) is 0 Å². The third kappa shape index (κ3) is 11.0.